The van der Waals surface area contributed by atoms with E-state index in [9.17, 15) is 0 Å². The van der Waals surface area contributed by atoms with Crippen molar-refractivity contribution in [1.29, 1.82) is 0 Å². The largest absolute Gasteiger partial charge is 0.423 e. The van der Waals surface area contributed by atoms with Crippen LogP contribution < -0.4 is 9.80 Å². The molecule has 150 valence electrons. The summed E-state index contributed by atoms with van der Waals surface area (Å²) in [6.07, 6.45) is 3.07. The van der Waals surface area contributed by atoms with Crippen molar-refractivity contribution in [3.63, 3.8) is 0 Å². The molecule has 29 heavy (non-hydrogen) atoms. The van der Waals surface area contributed by atoms with Crippen LogP contribution in [0.3, 0.4) is 0 Å². The molecule has 0 spiro atoms. The molecule has 0 amide bonds. The molecule has 0 unspecified atom stereocenters. The fourth-order valence-corrected chi connectivity index (χ4v) is 3.74. The summed E-state index contributed by atoms with van der Waals surface area (Å²) in [6.45, 7) is 10.1. The van der Waals surface area contributed by atoms with E-state index in [1.165, 1.54) is 0 Å². The van der Waals surface area contributed by atoms with Crippen molar-refractivity contribution in [1.82, 2.24) is 19.6 Å². The average molecular weight is 390 g/mol. The van der Waals surface area contributed by atoms with Crippen molar-refractivity contribution in [2.24, 2.45) is 0 Å². The van der Waals surface area contributed by atoms with Crippen LogP contribution in [0, 0.1) is 0 Å². The third-order valence-corrected chi connectivity index (χ3v) is 5.45. The molecule has 0 atom stereocenters. The Labute approximate surface area is 170 Å². The van der Waals surface area contributed by atoms with Crippen molar-refractivity contribution in [2.45, 2.75) is 32.6 Å². The van der Waals surface area contributed by atoms with E-state index in [0.717, 1.165) is 60.9 Å². The van der Waals surface area contributed by atoms with Gasteiger partial charge in [-0.1, -0.05) is 32.9 Å². The van der Waals surface area contributed by atoms with Gasteiger partial charge in [0.1, 0.15) is 11.3 Å². The number of aromatic nitrogens is 4. The summed E-state index contributed by atoms with van der Waals surface area (Å²) in [5, 5.41) is 4.83. The summed E-state index contributed by atoms with van der Waals surface area (Å²) in [5.41, 5.74) is 3.70. The predicted octanol–water partition coefficient (Wildman–Crippen LogP) is 3.88. The summed E-state index contributed by atoms with van der Waals surface area (Å²) in [5.74, 6) is 0.981. The highest BCUT2D eigenvalue weighted by Gasteiger charge is 2.21. The van der Waals surface area contributed by atoms with Gasteiger partial charge in [-0.25, -0.2) is 9.50 Å². The molecular formula is C22H26N6O. The molecule has 1 aliphatic rings. The van der Waals surface area contributed by atoms with Gasteiger partial charge < -0.3 is 14.2 Å². The van der Waals surface area contributed by atoms with E-state index in [1.54, 1.807) is 0 Å². The van der Waals surface area contributed by atoms with Crippen LogP contribution in [0.4, 0.5) is 11.8 Å². The second-order valence-electron chi connectivity index (χ2n) is 8.66. The van der Waals surface area contributed by atoms with Gasteiger partial charge in [-0.2, -0.15) is 4.98 Å². The molecule has 0 N–H and O–H groups in total. The fourth-order valence-electron chi connectivity index (χ4n) is 3.74. The number of para-hydroxylation sites is 2. The molecule has 1 aromatic carbocycles. The summed E-state index contributed by atoms with van der Waals surface area (Å²) in [7, 11) is 0. The molecule has 7 heteroatoms. The molecule has 0 radical (unpaired) electrons. The number of nitrogens with zero attached hydrogens (tertiary/aromatic N) is 6. The molecule has 3 aromatic heterocycles. The fraction of sp³-hybridized carbons (Fsp3) is 0.409. The maximum absolute atomic E-state index is 5.96. The molecule has 1 aliphatic heterocycles. The lowest BCUT2D eigenvalue weighted by molar-refractivity contribution is 0.571. The zero-order valence-electron chi connectivity index (χ0n) is 17.2. The minimum atomic E-state index is 0.0105. The first-order valence-corrected chi connectivity index (χ1v) is 10.2. The Morgan fingerprint density at radius 2 is 1.69 bits per heavy atom. The molecule has 0 saturated carbocycles. The zero-order chi connectivity index (χ0) is 20.0. The Kier molecular flexibility index (Phi) is 4.19. The van der Waals surface area contributed by atoms with Crippen LogP contribution in [0.2, 0.25) is 0 Å². The second-order valence-corrected chi connectivity index (χ2v) is 8.66. The Morgan fingerprint density at radius 3 is 2.52 bits per heavy atom. The van der Waals surface area contributed by atoms with E-state index in [-0.39, 0.29) is 5.41 Å². The normalized spacial score (nSPS) is 16.0. The van der Waals surface area contributed by atoms with Gasteiger partial charge in [-0.3, -0.25) is 0 Å². The first kappa shape index (κ1) is 18.0. The van der Waals surface area contributed by atoms with Gasteiger partial charge in [-0.15, -0.1) is 5.10 Å². The van der Waals surface area contributed by atoms with Crippen LogP contribution >= 0.6 is 0 Å². The maximum atomic E-state index is 5.96. The van der Waals surface area contributed by atoms with Crippen molar-refractivity contribution >= 4 is 28.6 Å². The van der Waals surface area contributed by atoms with Gasteiger partial charge in [0.15, 0.2) is 11.2 Å². The van der Waals surface area contributed by atoms with Crippen LogP contribution in [0.15, 0.2) is 47.0 Å². The topological polar surface area (TPSA) is 62.7 Å². The molecule has 1 fully saturated rings. The molecule has 0 aliphatic carbocycles. The monoisotopic (exact) mass is 390 g/mol. The number of anilines is 2. The smallest absolute Gasteiger partial charge is 0.298 e. The second kappa shape index (κ2) is 6.76. The highest BCUT2D eigenvalue weighted by molar-refractivity contribution is 5.74. The Balaban J connectivity index is 1.36. The first-order chi connectivity index (χ1) is 14.0. The molecule has 1 saturated heterocycles. The number of oxazole rings is 1. The number of rotatable bonds is 2. The van der Waals surface area contributed by atoms with Crippen LogP contribution in [-0.2, 0) is 5.41 Å². The molecule has 4 aromatic rings. The number of imidazole rings is 1. The molecule has 0 bridgehead atoms. The predicted molar refractivity (Wildman–Crippen MR) is 115 cm³/mol. The van der Waals surface area contributed by atoms with Crippen molar-refractivity contribution in [3.05, 3.63) is 48.3 Å². The number of benzene rings is 1. The highest BCUT2D eigenvalue weighted by Crippen LogP contribution is 2.25. The summed E-state index contributed by atoms with van der Waals surface area (Å²) in [4.78, 5) is 13.9. The number of hydrogen-bond acceptors (Lipinski definition) is 6. The Morgan fingerprint density at radius 1 is 0.897 bits per heavy atom. The van der Waals surface area contributed by atoms with E-state index in [0.29, 0.717) is 6.01 Å². The third kappa shape index (κ3) is 3.41. The van der Waals surface area contributed by atoms with Gasteiger partial charge in [0.2, 0.25) is 0 Å². The Bertz CT molecular complexity index is 1120. The van der Waals surface area contributed by atoms with Crippen molar-refractivity contribution in [2.75, 3.05) is 36.0 Å². The van der Waals surface area contributed by atoms with Crippen LogP contribution in [0.1, 0.15) is 32.9 Å². The van der Waals surface area contributed by atoms with Gasteiger partial charge in [0.05, 0.1) is 11.9 Å². The molecule has 7 nitrogen and oxygen atoms in total. The first-order valence-electron chi connectivity index (χ1n) is 10.2. The highest BCUT2D eigenvalue weighted by atomic mass is 16.4. The summed E-state index contributed by atoms with van der Waals surface area (Å²) in [6, 6.07) is 12.8. The lowest BCUT2D eigenvalue weighted by Gasteiger charge is -2.21. The van der Waals surface area contributed by atoms with Gasteiger partial charge >= 0.3 is 0 Å². The lowest BCUT2D eigenvalue weighted by atomic mass is 9.93. The number of hydrogen-bond donors (Lipinski definition) is 0. The average Bonchev–Trinajstić information content (AvgIpc) is 3.24. The molecular weight excluding hydrogens is 364 g/mol. The quantitative estimate of drug-likeness (QED) is 0.518. The number of fused-ring (bicyclic) bond motifs is 2. The molecule has 5 rings (SSSR count). The molecule has 4 heterocycles. The lowest BCUT2D eigenvalue weighted by Crippen LogP contribution is -2.31. The van der Waals surface area contributed by atoms with Crippen molar-refractivity contribution in [3.8, 4) is 0 Å². The van der Waals surface area contributed by atoms with E-state index in [4.69, 9.17) is 14.5 Å². The third-order valence-electron chi connectivity index (χ3n) is 5.45. The van der Waals surface area contributed by atoms with Crippen LogP contribution in [0.5, 0.6) is 0 Å². The summed E-state index contributed by atoms with van der Waals surface area (Å²) >= 11 is 0. The maximum Gasteiger partial charge on any atom is 0.298 e. The zero-order valence-corrected chi connectivity index (χ0v) is 17.2. The van der Waals surface area contributed by atoms with Gasteiger partial charge in [0.25, 0.3) is 6.01 Å². The van der Waals surface area contributed by atoms with E-state index < -0.39 is 0 Å². The van der Waals surface area contributed by atoms with E-state index in [2.05, 4.69) is 47.7 Å². The minimum absolute atomic E-state index is 0.0105. The SMILES string of the molecule is CC(C)(C)c1cn2nc(N3CCCN(c4nc5ccccc5o4)CC3)ccc2n1. The summed E-state index contributed by atoms with van der Waals surface area (Å²) < 4.78 is 7.87. The Hall–Kier alpha value is -3.09. The van der Waals surface area contributed by atoms with Crippen LogP contribution in [-0.4, -0.2) is 45.8 Å². The standard InChI is InChI=1S/C22H26N6O/c1-22(2,3)18-15-28-19(24-18)9-10-20(25-28)26-11-6-12-27(14-13-26)21-23-16-7-4-5-8-17(16)29-21/h4-5,7-10,15H,6,11-14H2,1-3H3. The van der Waals surface area contributed by atoms with Gasteiger partial charge in [0, 0.05) is 31.6 Å². The minimum Gasteiger partial charge on any atom is -0.423 e. The van der Waals surface area contributed by atoms with Crippen LogP contribution in [0.25, 0.3) is 16.7 Å². The van der Waals surface area contributed by atoms with Gasteiger partial charge in [-0.05, 0) is 30.7 Å². The van der Waals surface area contributed by atoms with E-state index in [1.807, 2.05) is 35.0 Å². The van der Waals surface area contributed by atoms with E-state index >= 15 is 0 Å². The van der Waals surface area contributed by atoms with Crippen molar-refractivity contribution < 1.29 is 4.42 Å².